The van der Waals surface area contributed by atoms with E-state index in [0.29, 0.717) is 6.08 Å². The van der Waals surface area contributed by atoms with Crippen LogP contribution >= 0.6 is 0 Å². The lowest BCUT2D eigenvalue weighted by Gasteiger charge is -1.85. The molecule has 0 saturated carbocycles. The first-order valence-corrected chi connectivity index (χ1v) is 2.44. The summed E-state index contributed by atoms with van der Waals surface area (Å²) in [7, 11) is 0. The molecule has 0 atom stereocenters. The van der Waals surface area contributed by atoms with Crippen LogP contribution in [0.1, 0.15) is 0 Å². The van der Waals surface area contributed by atoms with Crippen LogP contribution in [0.4, 0.5) is 0 Å². The van der Waals surface area contributed by atoms with Crippen LogP contribution in [0, 0.1) is 0 Å². The van der Waals surface area contributed by atoms with Gasteiger partial charge in [0.25, 0.3) is 0 Å². The monoisotopic (exact) mass is 144 g/mol. The van der Waals surface area contributed by atoms with Crippen molar-refractivity contribution in [1.82, 2.24) is 0 Å². The van der Waals surface area contributed by atoms with Crippen LogP contribution in [0.2, 0.25) is 0 Å². The number of rotatable bonds is 1. The number of esters is 1. The van der Waals surface area contributed by atoms with Gasteiger partial charge in [-0.05, 0) is 0 Å². The Balaban J connectivity index is 2.72. The fourth-order valence-electron chi connectivity index (χ4n) is 0.489. The van der Waals surface area contributed by atoms with Gasteiger partial charge in [0.1, 0.15) is 0 Å². The Labute approximate surface area is 55.8 Å². The van der Waals surface area contributed by atoms with Crippen molar-refractivity contribution in [3.05, 3.63) is 11.8 Å². The van der Waals surface area contributed by atoms with Gasteiger partial charge in [-0.25, -0.2) is 9.59 Å². The van der Waals surface area contributed by atoms with E-state index in [1.165, 1.54) is 0 Å². The van der Waals surface area contributed by atoms with Crippen LogP contribution in [0.25, 0.3) is 0 Å². The summed E-state index contributed by atoms with van der Waals surface area (Å²) in [4.78, 5) is 20.4. The summed E-state index contributed by atoms with van der Waals surface area (Å²) >= 11 is 0. The quantitative estimate of drug-likeness (QED) is 0.396. The van der Waals surface area contributed by atoms with Crippen molar-refractivity contribution >= 4 is 11.9 Å². The van der Waals surface area contributed by atoms with Crippen molar-refractivity contribution in [2.45, 2.75) is 0 Å². The topological polar surface area (TPSA) is 72.8 Å². The Morgan fingerprint density at radius 1 is 1.60 bits per heavy atom. The number of carbonyl (C=O) groups excluding carboxylic acids is 1. The molecule has 1 saturated heterocycles. The molecule has 1 rings (SSSR count). The van der Waals surface area contributed by atoms with Gasteiger partial charge in [-0.2, -0.15) is 0 Å². The molecular formula is C5H4O5. The summed E-state index contributed by atoms with van der Waals surface area (Å²) in [5.41, 5.74) is 0. The Morgan fingerprint density at radius 3 is 2.70 bits per heavy atom. The number of carboxylic acid groups (broad SMARTS) is 1. The van der Waals surface area contributed by atoms with Gasteiger partial charge in [0.15, 0.2) is 0 Å². The lowest BCUT2D eigenvalue weighted by molar-refractivity contribution is -0.136. The van der Waals surface area contributed by atoms with E-state index in [4.69, 9.17) is 5.11 Å². The van der Waals surface area contributed by atoms with Crippen LogP contribution in [-0.2, 0) is 19.1 Å². The Bertz CT molecular complexity index is 204. The number of carbonyl (C=O) groups is 2. The maximum atomic E-state index is 10.4. The Kier molecular flexibility index (Phi) is 1.57. The van der Waals surface area contributed by atoms with Gasteiger partial charge >= 0.3 is 11.9 Å². The predicted octanol–water partition coefficient (Wildman–Crippen LogP) is -0.514. The van der Waals surface area contributed by atoms with Crippen molar-refractivity contribution in [3.63, 3.8) is 0 Å². The highest BCUT2D eigenvalue weighted by atomic mass is 16.7. The molecule has 5 heteroatoms. The molecule has 0 aliphatic carbocycles. The Hall–Kier alpha value is -1.52. The molecule has 0 bridgehead atoms. The van der Waals surface area contributed by atoms with E-state index in [2.05, 4.69) is 9.47 Å². The largest absolute Gasteiger partial charge is 0.478 e. The van der Waals surface area contributed by atoms with Gasteiger partial charge in [-0.3, -0.25) is 0 Å². The van der Waals surface area contributed by atoms with Gasteiger partial charge in [0.05, 0.1) is 6.08 Å². The first-order chi connectivity index (χ1) is 4.70. The third-order valence-electron chi connectivity index (χ3n) is 0.860. The molecule has 0 amide bonds. The third-order valence-corrected chi connectivity index (χ3v) is 0.860. The molecule has 1 aliphatic heterocycles. The van der Waals surface area contributed by atoms with Crippen molar-refractivity contribution in [2.24, 2.45) is 0 Å². The van der Waals surface area contributed by atoms with Gasteiger partial charge in [0.2, 0.25) is 12.6 Å². The molecule has 0 aromatic rings. The smallest absolute Gasteiger partial charge is 0.376 e. The van der Waals surface area contributed by atoms with Crippen LogP contribution in [0.5, 0.6) is 0 Å². The predicted molar refractivity (Wildman–Crippen MR) is 27.8 cm³/mol. The van der Waals surface area contributed by atoms with Gasteiger partial charge in [0, 0.05) is 0 Å². The van der Waals surface area contributed by atoms with Crippen molar-refractivity contribution in [2.75, 3.05) is 6.79 Å². The van der Waals surface area contributed by atoms with Crippen molar-refractivity contribution in [1.29, 1.82) is 0 Å². The SMILES string of the molecule is O=C(O)/C=C1/OCOC1=O. The fourth-order valence-corrected chi connectivity index (χ4v) is 0.489. The van der Waals surface area contributed by atoms with E-state index in [9.17, 15) is 9.59 Å². The normalized spacial score (nSPS) is 20.4. The summed E-state index contributed by atoms with van der Waals surface area (Å²) < 4.78 is 8.76. The van der Waals surface area contributed by atoms with Crippen molar-refractivity contribution < 1.29 is 24.2 Å². The highest BCUT2D eigenvalue weighted by Gasteiger charge is 2.21. The van der Waals surface area contributed by atoms with E-state index in [1.54, 1.807) is 0 Å². The highest BCUT2D eigenvalue weighted by molar-refractivity contribution is 5.94. The first kappa shape index (κ1) is 6.60. The number of hydrogen-bond donors (Lipinski definition) is 1. The van der Waals surface area contributed by atoms with Crippen LogP contribution in [0.15, 0.2) is 11.8 Å². The minimum atomic E-state index is -1.23. The maximum absolute atomic E-state index is 10.4. The van der Waals surface area contributed by atoms with E-state index in [0.717, 1.165) is 0 Å². The second kappa shape index (κ2) is 2.38. The lowest BCUT2D eigenvalue weighted by Crippen LogP contribution is -1.99. The van der Waals surface area contributed by atoms with Gasteiger partial charge < -0.3 is 14.6 Å². The molecule has 1 heterocycles. The summed E-state index contributed by atoms with van der Waals surface area (Å²) in [5.74, 6) is -2.22. The average molecular weight is 144 g/mol. The second-order valence-electron chi connectivity index (χ2n) is 1.54. The standard InChI is InChI=1S/C5H4O5/c6-4(7)1-3-5(8)10-2-9-3/h1H,2H2,(H,6,7)/b3-1+. The van der Waals surface area contributed by atoms with E-state index in [-0.39, 0.29) is 12.6 Å². The first-order valence-electron chi connectivity index (χ1n) is 2.44. The number of aliphatic carboxylic acids is 1. The van der Waals surface area contributed by atoms with Crippen LogP contribution in [0.3, 0.4) is 0 Å². The van der Waals surface area contributed by atoms with Crippen molar-refractivity contribution in [3.8, 4) is 0 Å². The van der Waals surface area contributed by atoms with Crippen LogP contribution in [-0.4, -0.2) is 23.8 Å². The fraction of sp³-hybridized carbons (Fsp3) is 0.200. The molecular weight excluding hydrogens is 140 g/mol. The molecule has 0 unspecified atom stereocenters. The average Bonchev–Trinajstić information content (AvgIpc) is 2.15. The zero-order valence-electron chi connectivity index (χ0n) is 4.86. The number of hydrogen-bond acceptors (Lipinski definition) is 4. The molecule has 0 aromatic heterocycles. The molecule has 1 fully saturated rings. The molecule has 10 heavy (non-hydrogen) atoms. The molecule has 1 aliphatic rings. The minimum Gasteiger partial charge on any atom is -0.478 e. The van der Waals surface area contributed by atoms with E-state index < -0.39 is 11.9 Å². The van der Waals surface area contributed by atoms with Gasteiger partial charge in [-0.15, -0.1) is 0 Å². The maximum Gasteiger partial charge on any atom is 0.376 e. The molecule has 0 aromatic carbocycles. The number of cyclic esters (lactones) is 1. The molecule has 5 nitrogen and oxygen atoms in total. The zero-order valence-corrected chi connectivity index (χ0v) is 4.86. The number of carboxylic acids is 1. The second-order valence-corrected chi connectivity index (χ2v) is 1.54. The molecule has 0 radical (unpaired) electrons. The molecule has 1 N–H and O–H groups in total. The minimum absolute atomic E-state index is 0.196. The summed E-state index contributed by atoms with van der Waals surface area (Å²) in [6.07, 6.45) is 0.662. The lowest BCUT2D eigenvalue weighted by atomic mass is 10.4. The summed E-state index contributed by atoms with van der Waals surface area (Å²) in [5, 5.41) is 8.13. The zero-order chi connectivity index (χ0) is 7.56. The Morgan fingerprint density at radius 2 is 2.30 bits per heavy atom. The summed E-state index contributed by atoms with van der Waals surface area (Å²) in [6, 6.07) is 0. The molecule has 54 valence electrons. The van der Waals surface area contributed by atoms with Crippen LogP contribution < -0.4 is 0 Å². The van der Waals surface area contributed by atoms with E-state index in [1.807, 2.05) is 0 Å². The van der Waals surface area contributed by atoms with Gasteiger partial charge in [-0.1, -0.05) is 0 Å². The highest BCUT2D eigenvalue weighted by Crippen LogP contribution is 2.07. The summed E-state index contributed by atoms with van der Waals surface area (Å²) in [6.45, 7) is -0.196. The molecule has 0 spiro atoms. The number of ether oxygens (including phenoxy) is 2. The third kappa shape index (κ3) is 1.25. The van der Waals surface area contributed by atoms with E-state index >= 15 is 0 Å².